The van der Waals surface area contributed by atoms with Crippen LogP contribution in [0, 0.1) is 0 Å². The van der Waals surface area contributed by atoms with Crippen LogP contribution in [-0.4, -0.2) is 24.0 Å². The molecule has 1 atom stereocenters. The number of nitrogens with one attached hydrogen (secondary N) is 2. The molecule has 21 heavy (non-hydrogen) atoms. The predicted molar refractivity (Wildman–Crippen MR) is 83.1 cm³/mol. The molecular weight excluding hydrogens is 290 g/mol. The molecular formula is C15H23ClN3O2+. The van der Waals surface area contributed by atoms with Gasteiger partial charge in [0.25, 0.3) is 5.91 Å². The number of quaternary nitrogens is 1. The number of imide groups is 1. The average Bonchev–Trinajstić information content (AvgIpc) is 2.33. The topological polar surface area (TPSA) is 74.8 Å². The largest absolute Gasteiger partial charge is 0.333 e. The van der Waals surface area contributed by atoms with Gasteiger partial charge in [-0.2, -0.15) is 0 Å². The lowest BCUT2D eigenvalue weighted by Crippen LogP contribution is -2.87. The second kappa shape index (κ2) is 7.43. The van der Waals surface area contributed by atoms with E-state index < -0.39 is 6.03 Å². The zero-order valence-corrected chi connectivity index (χ0v) is 13.6. The highest BCUT2D eigenvalue weighted by molar-refractivity contribution is 6.30. The minimum absolute atomic E-state index is 0.0835. The summed E-state index contributed by atoms with van der Waals surface area (Å²) in [6.07, 6.45) is 0. The van der Waals surface area contributed by atoms with Gasteiger partial charge in [0.05, 0.1) is 0 Å². The Morgan fingerprint density at radius 2 is 2.00 bits per heavy atom. The summed E-state index contributed by atoms with van der Waals surface area (Å²) in [6, 6.07) is 7.11. The van der Waals surface area contributed by atoms with Crippen LogP contribution in [0.2, 0.25) is 5.02 Å². The number of benzene rings is 1. The maximum atomic E-state index is 11.7. The molecule has 0 aliphatic rings. The zero-order chi connectivity index (χ0) is 16.0. The average molecular weight is 313 g/mol. The Morgan fingerprint density at radius 1 is 1.33 bits per heavy atom. The first-order valence-corrected chi connectivity index (χ1v) is 7.26. The van der Waals surface area contributed by atoms with Crippen molar-refractivity contribution in [3.63, 3.8) is 0 Å². The predicted octanol–water partition coefficient (Wildman–Crippen LogP) is 1.59. The maximum absolute atomic E-state index is 11.7. The number of nitrogens with two attached hydrogens (primary N) is 1. The molecule has 0 heterocycles. The maximum Gasteiger partial charge on any atom is 0.322 e. The fraction of sp³-hybridized carbons (Fsp3) is 0.467. The molecule has 0 radical (unpaired) electrons. The van der Waals surface area contributed by atoms with Crippen molar-refractivity contribution < 1.29 is 14.9 Å². The second-order valence-corrected chi connectivity index (χ2v) is 6.47. The third-order valence-corrected chi connectivity index (χ3v) is 3.01. The summed E-state index contributed by atoms with van der Waals surface area (Å²) >= 11 is 5.94. The van der Waals surface area contributed by atoms with E-state index in [1.165, 1.54) is 0 Å². The van der Waals surface area contributed by atoms with E-state index in [-0.39, 0.29) is 24.0 Å². The first kappa shape index (κ1) is 17.5. The summed E-state index contributed by atoms with van der Waals surface area (Å²) in [6.45, 7) is 7.71. The Morgan fingerprint density at radius 3 is 2.57 bits per heavy atom. The highest BCUT2D eigenvalue weighted by Crippen LogP contribution is 2.14. The smallest absolute Gasteiger partial charge is 0.322 e. The molecule has 0 unspecified atom stereocenters. The van der Waals surface area contributed by atoms with E-state index in [0.29, 0.717) is 5.02 Å². The minimum atomic E-state index is -0.476. The SMILES string of the molecule is C[C@@H]([NH2+]CC(=O)NC(=O)NC(C)(C)C)c1cccc(Cl)c1. The van der Waals surface area contributed by atoms with Crippen LogP contribution in [0.4, 0.5) is 4.79 Å². The molecule has 5 nitrogen and oxygen atoms in total. The van der Waals surface area contributed by atoms with E-state index in [0.717, 1.165) is 5.56 Å². The zero-order valence-electron chi connectivity index (χ0n) is 12.9. The van der Waals surface area contributed by atoms with Crippen LogP contribution in [0.1, 0.15) is 39.3 Å². The van der Waals surface area contributed by atoms with Gasteiger partial charge in [0.15, 0.2) is 6.54 Å². The summed E-state index contributed by atoms with van der Waals surface area (Å²) < 4.78 is 0. The quantitative estimate of drug-likeness (QED) is 0.790. The van der Waals surface area contributed by atoms with Gasteiger partial charge in [-0.15, -0.1) is 0 Å². The van der Waals surface area contributed by atoms with Gasteiger partial charge in [-0.3, -0.25) is 10.1 Å². The lowest BCUT2D eigenvalue weighted by molar-refractivity contribution is -0.682. The van der Waals surface area contributed by atoms with Gasteiger partial charge in [0.2, 0.25) is 0 Å². The minimum Gasteiger partial charge on any atom is -0.333 e. The summed E-state index contributed by atoms with van der Waals surface area (Å²) in [5.41, 5.74) is 0.664. The molecule has 0 aromatic heterocycles. The fourth-order valence-electron chi connectivity index (χ4n) is 1.76. The number of carbonyl (C=O) groups excluding carboxylic acids is 2. The number of carbonyl (C=O) groups is 2. The summed E-state index contributed by atoms with van der Waals surface area (Å²) in [5, 5.41) is 7.50. The van der Waals surface area contributed by atoms with E-state index in [4.69, 9.17) is 11.6 Å². The molecule has 0 aliphatic carbocycles. The number of hydrogen-bond acceptors (Lipinski definition) is 2. The van der Waals surface area contributed by atoms with Crippen LogP contribution in [-0.2, 0) is 4.79 Å². The molecule has 0 spiro atoms. The molecule has 0 aliphatic heterocycles. The Labute approximate surface area is 130 Å². The Balaban J connectivity index is 2.41. The number of hydrogen-bond donors (Lipinski definition) is 3. The lowest BCUT2D eigenvalue weighted by Gasteiger charge is -2.20. The van der Waals surface area contributed by atoms with Crippen molar-refractivity contribution in [3.05, 3.63) is 34.9 Å². The van der Waals surface area contributed by atoms with Gasteiger partial charge in [0.1, 0.15) is 6.04 Å². The van der Waals surface area contributed by atoms with Gasteiger partial charge in [-0.25, -0.2) is 4.79 Å². The summed E-state index contributed by atoms with van der Waals surface area (Å²) in [4.78, 5) is 23.3. The number of urea groups is 1. The molecule has 1 aromatic carbocycles. The van der Waals surface area contributed by atoms with Crippen LogP contribution in [0.25, 0.3) is 0 Å². The molecule has 1 aromatic rings. The van der Waals surface area contributed by atoms with Crippen molar-refractivity contribution in [1.29, 1.82) is 0 Å². The van der Waals surface area contributed by atoms with Crippen LogP contribution >= 0.6 is 11.6 Å². The van der Waals surface area contributed by atoms with Crippen molar-refractivity contribution in [2.24, 2.45) is 0 Å². The number of amides is 3. The van der Waals surface area contributed by atoms with E-state index in [9.17, 15) is 9.59 Å². The van der Waals surface area contributed by atoms with Crippen molar-refractivity contribution in [3.8, 4) is 0 Å². The van der Waals surface area contributed by atoms with E-state index in [1.807, 2.05) is 51.2 Å². The van der Waals surface area contributed by atoms with E-state index in [2.05, 4.69) is 10.6 Å². The highest BCUT2D eigenvalue weighted by Gasteiger charge is 2.17. The van der Waals surface area contributed by atoms with Crippen LogP contribution in [0.3, 0.4) is 0 Å². The summed E-state index contributed by atoms with van der Waals surface area (Å²) in [5.74, 6) is -0.328. The molecule has 116 valence electrons. The van der Waals surface area contributed by atoms with Gasteiger partial charge in [-0.05, 0) is 39.8 Å². The van der Waals surface area contributed by atoms with Gasteiger partial charge in [-0.1, -0.05) is 23.7 Å². The van der Waals surface area contributed by atoms with Crippen molar-refractivity contribution in [2.45, 2.75) is 39.3 Å². The Hall–Kier alpha value is -1.59. The van der Waals surface area contributed by atoms with Gasteiger partial charge < -0.3 is 10.6 Å². The molecule has 1 rings (SSSR count). The van der Waals surface area contributed by atoms with Crippen LogP contribution in [0.5, 0.6) is 0 Å². The van der Waals surface area contributed by atoms with Gasteiger partial charge >= 0.3 is 6.03 Å². The van der Waals surface area contributed by atoms with E-state index in [1.54, 1.807) is 6.07 Å². The third kappa shape index (κ3) is 7.11. The molecule has 0 fully saturated rings. The molecule has 0 bridgehead atoms. The van der Waals surface area contributed by atoms with Crippen molar-refractivity contribution in [1.82, 2.24) is 10.6 Å². The van der Waals surface area contributed by atoms with Crippen LogP contribution in [0.15, 0.2) is 24.3 Å². The number of rotatable bonds is 4. The Bertz CT molecular complexity index is 512. The Kier molecular flexibility index (Phi) is 6.18. The number of halogens is 1. The first-order valence-electron chi connectivity index (χ1n) is 6.88. The van der Waals surface area contributed by atoms with Crippen molar-refractivity contribution in [2.75, 3.05) is 6.54 Å². The standard InChI is InChI=1S/C15H22ClN3O2/c1-10(11-6-5-7-12(16)8-11)17-9-13(20)18-14(21)19-15(2,3)4/h5-8,10,17H,9H2,1-4H3,(H2,18,19,20,21)/p+1/t10-/m1/s1. The first-order chi connectivity index (χ1) is 9.67. The molecule has 3 amide bonds. The normalized spacial score (nSPS) is 12.6. The third-order valence-electron chi connectivity index (χ3n) is 2.77. The highest BCUT2D eigenvalue weighted by atomic mass is 35.5. The lowest BCUT2D eigenvalue weighted by atomic mass is 10.1. The summed E-state index contributed by atoms with van der Waals surface area (Å²) in [7, 11) is 0. The fourth-order valence-corrected chi connectivity index (χ4v) is 1.96. The molecule has 0 saturated carbocycles. The van der Waals surface area contributed by atoms with Crippen LogP contribution < -0.4 is 16.0 Å². The molecule has 6 heteroatoms. The van der Waals surface area contributed by atoms with Gasteiger partial charge in [0, 0.05) is 16.1 Å². The monoisotopic (exact) mass is 312 g/mol. The van der Waals surface area contributed by atoms with Crippen molar-refractivity contribution >= 4 is 23.5 Å². The second-order valence-electron chi connectivity index (χ2n) is 6.04. The molecule has 0 saturated heterocycles. The van der Waals surface area contributed by atoms with E-state index >= 15 is 0 Å². The molecule has 4 N–H and O–H groups in total.